The van der Waals surface area contributed by atoms with Gasteiger partial charge in [-0.2, -0.15) is 0 Å². The first kappa shape index (κ1) is 46.9. The molecule has 0 spiro atoms. The van der Waals surface area contributed by atoms with Crippen molar-refractivity contribution < 1.29 is 20.1 Å². The van der Waals surface area contributed by atoms with Crippen molar-refractivity contribution in [3.63, 3.8) is 0 Å². The van der Waals surface area contributed by atoms with E-state index in [2.05, 4.69) is 216 Å². The summed E-state index contributed by atoms with van der Waals surface area (Å²) in [5.41, 5.74) is 16.3. The summed E-state index contributed by atoms with van der Waals surface area (Å²) in [7, 11) is 0. The zero-order chi connectivity index (χ0) is 44.2. The molecule has 0 unspecified atom stereocenters. The number of aromatic nitrogens is 4. The number of benzene rings is 5. The Kier molecular flexibility index (Phi) is 13.2. The number of pyridine rings is 1. The fourth-order valence-corrected chi connectivity index (χ4v) is 8.17. The molecule has 0 aliphatic heterocycles. The van der Waals surface area contributed by atoms with Gasteiger partial charge in [0.25, 0.3) is 0 Å². The summed E-state index contributed by atoms with van der Waals surface area (Å²) in [6.07, 6.45) is 1.88. The fourth-order valence-electron chi connectivity index (χ4n) is 7.61. The van der Waals surface area contributed by atoms with Gasteiger partial charge in [-0.05, 0) is 98.8 Å². The van der Waals surface area contributed by atoms with Crippen molar-refractivity contribution in [2.45, 2.75) is 119 Å². The summed E-state index contributed by atoms with van der Waals surface area (Å²) >= 11 is 3.92. The van der Waals surface area contributed by atoms with Crippen LogP contribution in [0.25, 0.3) is 67.7 Å². The van der Waals surface area contributed by atoms with Crippen LogP contribution >= 0.6 is 15.9 Å². The molecule has 0 bridgehead atoms. The maximum atomic E-state index is 5.28. The molecule has 2 aromatic heterocycles. The molecule has 7 rings (SSSR count). The van der Waals surface area contributed by atoms with Crippen LogP contribution in [0.4, 0.5) is 0 Å². The van der Waals surface area contributed by atoms with Gasteiger partial charge >= 0.3 is 0 Å². The fraction of sp³-hybridized carbons (Fsp3) is 0.321. The van der Waals surface area contributed by atoms with Gasteiger partial charge in [0.1, 0.15) is 0 Å². The Morgan fingerprint density at radius 1 is 0.452 bits per heavy atom. The molecule has 6 heteroatoms. The largest absolute Gasteiger partial charge is 0.304 e. The second-order valence-corrected chi connectivity index (χ2v) is 21.7. The predicted molar refractivity (Wildman–Crippen MR) is 261 cm³/mol. The SMILES string of the molecule is Cc1cc(C)cc(-c2ccccc2-c2c[c-]c(-c3ccc(-c4nc(-c5cc(C(C)(C)C)cc(C(C)(C)C)c5)nc(-c5cc(C(C)(C)C)cc(C(C)(C)C)c5)n4)cn3)cc2Br)c1.[Ir]. The summed E-state index contributed by atoms with van der Waals surface area (Å²) in [6, 6.07) is 40.8. The molecule has 0 atom stereocenters. The van der Waals surface area contributed by atoms with Crippen LogP contribution in [0.2, 0.25) is 0 Å². The normalized spacial score (nSPS) is 12.3. The molecule has 7 aromatic rings. The monoisotopic (exact) mass is 1060 g/mol. The van der Waals surface area contributed by atoms with Crippen molar-refractivity contribution in [1.82, 2.24) is 19.9 Å². The van der Waals surface area contributed by atoms with E-state index in [0.29, 0.717) is 17.5 Å². The molecule has 0 saturated carbocycles. The molecule has 321 valence electrons. The van der Waals surface area contributed by atoms with Gasteiger partial charge < -0.3 is 4.98 Å². The van der Waals surface area contributed by atoms with E-state index >= 15 is 0 Å². The molecule has 0 aliphatic carbocycles. The molecule has 0 N–H and O–H groups in total. The Balaban J connectivity index is 0.00000641. The summed E-state index contributed by atoms with van der Waals surface area (Å²) in [5.74, 6) is 1.88. The molecule has 4 nitrogen and oxygen atoms in total. The van der Waals surface area contributed by atoms with E-state index in [-0.39, 0.29) is 41.8 Å². The van der Waals surface area contributed by atoms with Gasteiger partial charge in [0.2, 0.25) is 0 Å². The second kappa shape index (κ2) is 17.5. The summed E-state index contributed by atoms with van der Waals surface area (Å²) in [6.45, 7) is 31.4. The number of hydrogen-bond donors (Lipinski definition) is 0. The second-order valence-electron chi connectivity index (χ2n) is 20.9. The van der Waals surface area contributed by atoms with Crippen LogP contribution in [0.1, 0.15) is 116 Å². The van der Waals surface area contributed by atoms with E-state index in [1.807, 2.05) is 12.3 Å². The third-order valence-electron chi connectivity index (χ3n) is 11.4. The molecular weight excluding hydrogens is 1000 g/mol. The van der Waals surface area contributed by atoms with Gasteiger partial charge in [-0.15, -0.1) is 23.8 Å². The van der Waals surface area contributed by atoms with Crippen LogP contribution < -0.4 is 0 Å². The minimum atomic E-state index is -0.0646. The molecule has 62 heavy (non-hydrogen) atoms. The molecule has 0 saturated heterocycles. The van der Waals surface area contributed by atoms with E-state index in [9.17, 15) is 0 Å². The Labute approximate surface area is 393 Å². The molecule has 1 radical (unpaired) electrons. The van der Waals surface area contributed by atoms with E-state index in [1.54, 1.807) is 0 Å². The van der Waals surface area contributed by atoms with Crippen LogP contribution in [-0.2, 0) is 41.8 Å². The van der Waals surface area contributed by atoms with Crippen LogP contribution in [0.3, 0.4) is 0 Å². The third kappa shape index (κ3) is 10.4. The summed E-state index contributed by atoms with van der Waals surface area (Å²) in [4.78, 5) is 20.7. The Bertz CT molecular complexity index is 2580. The van der Waals surface area contributed by atoms with Crippen molar-refractivity contribution in [3.05, 3.63) is 153 Å². The van der Waals surface area contributed by atoms with Gasteiger partial charge in [0.05, 0.1) is 0 Å². The molecule has 2 heterocycles. The quantitative estimate of drug-likeness (QED) is 0.156. The van der Waals surface area contributed by atoms with Crippen LogP contribution in [0, 0.1) is 19.9 Å². The van der Waals surface area contributed by atoms with E-state index in [1.165, 1.54) is 44.5 Å². The van der Waals surface area contributed by atoms with Crippen molar-refractivity contribution in [2.75, 3.05) is 0 Å². The number of halogens is 1. The number of rotatable bonds is 6. The van der Waals surface area contributed by atoms with Crippen molar-refractivity contribution in [2.24, 2.45) is 0 Å². The van der Waals surface area contributed by atoms with Gasteiger partial charge in [0, 0.05) is 43.0 Å². The first-order chi connectivity index (χ1) is 28.4. The van der Waals surface area contributed by atoms with Gasteiger partial charge in [0.15, 0.2) is 17.5 Å². The predicted octanol–water partition coefficient (Wildman–Crippen LogP) is 15.6. The summed E-state index contributed by atoms with van der Waals surface area (Å²) < 4.78 is 0.981. The number of nitrogens with zero attached hydrogens (tertiary/aromatic N) is 4. The Morgan fingerprint density at radius 3 is 1.29 bits per heavy atom. The molecular formula is C56H60BrIrN4-. The van der Waals surface area contributed by atoms with E-state index in [4.69, 9.17) is 19.9 Å². The summed E-state index contributed by atoms with van der Waals surface area (Å²) in [5, 5.41) is 0. The van der Waals surface area contributed by atoms with Crippen molar-refractivity contribution in [3.8, 4) is 67.7 Å². The van der Waals surface area contributed by atoms with Gasteiger partial charge in [-0.25, -0.2) is 15.0 Å². The van der Waals surface area contributed by atoms with E-state index < -0.39 is 0 Å². The molecule has 0 fully saturated rings. The standard InChI is InChI=1S/C56H60BrN4.Ir/c1-34-23-35(2)25-38(24-34)45-17-15-16-18-46(45)47-21-19-36(30-48(47)57)49-22-20-37(33-58-49)50-59-51(39-26-41(53(3,4)5)31-42(27-39)54(6,7)8)61-52(60-50)40-28-43(55(9,10)11)32-44(29-40)56(12,13)14;/h15-18,20-33H,1-14H3;/q-1;. The minimum Gasteiger partial charge on any atom is -0.304 e. The zero-order valence-electron chi connectivity index (χ0n) is 38.9. The van der Waals surface area contributed by atoms with Crippen LogP contribution in [0.15, 0.2) is 114 Å². The number of aryl methyl sites for hydroxylation is 2. The smallest absolute Gasteiger partial charge is 0.165 e. The third-order valence-corrected chi connectivity index (χ3v) is 12.1. The van der Waals surface area contributed by atoms with Crippen LogP contribution in [0.5, 0.6) is 0 Å². The molecule has 0 amide bonds. The Hall–Kier alpha value is -4.61. The zero-order valence-corrected chi connectivity index (χ0v) is 42.9. The first-order valence-electron chi connectivity index (χ1n) is 21.4. The van der Waals surface area contributed by atoms with Gasteiger partial charge in [-0.3, -0.25) is 0 Å². The first-order valence-corrected chi connectivity index (χ1v) is 22.2. The minimum absolute atomic E-state index is 0. The van der Waals surface area contributed by atoms with Crippen LogP contribution in [-0.4, -0.2) is 19.9 Å². The Morgan fingerprint density at radius 2 is 0.887 bits per heavy atom. The van der Waals surface area contributed by atoms with E-state index in [0.717, 1.165) is 43.5 Å². The van der Waals surface area contributed by atoms with Crippen molar-refractivity contribution in [1.29, 1.82) is 0 Å². The average molecular weight is 1060 g/mol. The maximum absolute atomic E-state index is 5.28. The van der Waals surface area contributed by atoms with Gasteiger partial charge in [-0.1, -0.05) is 192 Å². The molecule has 5 aromatic carbocycles. The number of hydrogen-bond acceptors (Lipinski definition) is 4. The average Bonchev–Trinajstić information content (AvgIpc) is 3.18. The van der Waals surface area contributed by atoms with Crippen molar-refractivity contribution >= 4 is 15.9 Å². The topological polar surface area (TPSA) is 51.6 Å². The maximum Gasteiger partial charge on any atom is 0.165 e. The molecule has 0 aliphatic rings.